The highest BCUT2D eigenvalue weighted by Crippen LogP contribution is 2.27. The zero-order chi connectivity index (χ0) is 21.7. The van der Waals surface area contributed by atoms with E-state index in [1.165, 1.54) is 12.3 Å². The molecule has 1 heterocycles. The molecule has 0 spiro atoms. The third-order valence-electron chi connectivity index (χ3n) is 5.14. The second-order valence-electron chi connectivity index (χ2n) is 8.18. The number of aliphatic hydroxyl groups is 1. The van der Waals surface area contributed by atoms with Crippen LogP contribution in [0.25, 0.3) is 0 Å². The lowest BCUT2D eigenvalue weighted by Crippen LogP contribution is -2.36. The average molecular weight is 415 g/mol. The van der Waals surface area contributed by atoms with E-state index in [1.807, 2.05) is 4.57 Å². The van der Waals surface area contributed by atoms with Crippen molar-refractivity contribution in [2.24, 2.45) is 5.92 Å². The first-order valence-electron chi connectivity index (χ1n) is 10.4. The van der Waals surface area contributed by atoms with Crippen LogP contribution in [0.3, 0.4) is 0 Å². The van der Waals surface area contributed by atoms with Gasteiger partial charge in [0.1, 0.15) is 17.3 Å². The van der Waals surface area contributed by atoms with E-state index in [2.05, 4.69) is 41.4 Å². The third kappa shape index (κ3) is 5.38. The molecule has 0 amide bonds. The number of hydrogen-bond donors (Lipinski definition) is 5. The molecule has 7 nitrogen and oxygen atoms in total. The second-order valence-corrected chi connectivity index (χ2v) is 8.18. The first-order valence-corrected chi connectivity index (χ1v) is 10.4. The van der Waals surface area contributed by atoms with Crippen molar-refractivity contribution in [3.05, 3.63) is 48.2 Å². The highest BCUT2D eigenvalue weighted by molar-refractivity contribution is 5.84. The number of rotatable bonds is 9. The van der Waals surface area contributed by atoms with Crippen molar-refractivity contribution in [2.45, 2.75) is 58.2 Å². The van der Waals surface area contributed by atoms with Gasteiger partial charge in [-0.15, -0.1) is 0 Å². The average Bonchev–Trinajstić information content (AvgIpc) is 3.01. The van der Waals surface area contributed by atoms with Gasteiger partial charge in [0.2, 0.25) is 5.95 Å². The van der Waals surface area contributed by atoms with E-state index in [0.29, 0.717) is 41.4 Å². The number of anilines is 3. The van der Waals surface area contributed by atoms with Gasteiger partial charge in [-0.25, -0.2) is 9.37 Å². The molecule has 3 rings (SSSR count). The molecule has 30 heavy (non-hydrogen) atoms. The van der Waals surface area contributed by atoms with Gasteiger partial charge < -0.3 is 26.5 Å². The van der Waals surface area contributed by atoms with Gasteiger partial charge in [0, 0.05) is 18.8 Å². The van der Waals surface area contributed by atoms with Crippen LogP contribution in [0.2, 0.25) is 0 Å². The van der Waals surface area contributed by atoms with E-state index < -0.39 is 0 Å². The molecule has 0 radical (unpaired) electrons. The summed E-state index contributed by atoms with van der Waals surface area (Å²) in [6.07, 6.45) is 4.27. The van der Waals surface area contributed by atoms with Gasteiger partial charge in [0.25, 0.3) is 0 Å². The molecule has 1 aromatic heterocycles. The van der Waals surface area contributed by atoms with E-state index in [1.54, 1.807) is 18.2 Å². The van der Waals surface area contributed by atoms with Gasteiger partial charge in [-0.1, -0.05) is 32.6 Å². The molecule has 162 valence electrons. The predicted molar refractivity (Wildman–Crippen MR) is 119 cm³/mol. The van der Waals surface area contributed by atoms with Crippen LogP contribution in [0.1, 0.15) is 45.2 Å². The Morgan fingerprint density at radius 1 is 1.33 bits per heavy atom. The summed E-state index contributed by atoms with van der Waals surface area (Å²) in [6, 6.07) is 6.68. The van der Waals surface area contributed by atoms with E-state index >= 15 is 0 Å². The molecule has 5 N–H and O–H groups in total. The van der Waals surface area contributed by atoms with Crippen LogP contribution in [0, 0.1) is 17.1 Å². The number of imidazole rings is 1. The number of nitrogens with one attached hydrogen (secondary N) is 4. The largest absolute Gasteiger partial charge is 0.393 e. The first kappa shape index (κ1) is 21.8. The molecule has 1 aromatic carbocycles. The van der Waals surface area contributed by atoms with Crippen LogP contribution in [-0.4, -0.2) is 33.0 Å². The van der Waals surface area contributed by atoms with E-state index in [9.17, 15) is 9.50 Å². The highest BCUT2D eigenvalue weighted by atomic mass is 19.1. The Balaban J connectivity index is 1.83. The van der Waals surface area contributed by atoms with Gasteiger partial charge in [0.05, 0.1) is 17.6 Å². The quantitative estimate of drug-likeness (QED) is 0.396. The standard InChI is InChI=1S/C22H31FN6O/c1-14(2)13-29-21(26-15(3)25-16-8-10-17(30)11-9-16)20(12-24)28-22(29)27-19-7-5-4-6-18(19)23/h4-7,12,14,16-17,24-26,30H,3,8-11,13H2,1-2H3,(H,27,28). The summed E-state index contributed by atoms with van der Waals surface area (Å²) in [5.74, 6) is 1.64. The molecular formula is C22H31FN6O. The molecule has 1 aliphatic carbocycles. The Kier molecular flexibility index (Phi) is 7.10. The number of nitrogens with zero attached hydrogens (tertiary/aromatic N) is 2. The van der Waals surface area contributed by atoms with Crippen molar-refractivity contribution in [2.75, 3.05) is 10.6 Å². The van der Waals surface area contributed by atoms with Gasteiger partial charge in [-0.05, 0) is 43.7 Å². The summed E-state index contributed by atoms with van der Waals surface area (Å²) in [5, 5.41) is 27.2. The van der Waals surface area contributed by atoms with Crippen molar-refractivity contribution in [1.29, 1.82) is 5.41 Å². The third-order valence-corrected chi connectivity index (χ3v) is 5.14. The van der Waals surface area contributed by atoms with Crippen molar-refractivity contribution in [3.63, 3.8) is 0 Å². The van der Waals surface area contributed by atoms with Crippen LogP contribution in [0.5, 0.6) is 0 Å². The van der Waals surface area contributed by atoms with Crippen molar-refractivity contribution < 1.29 is 9.50 Å². The van der Waals surface area contributed by atoms with Crippen LogP contribution in [0.4, 0.5) is 21.8 Å². The fourth-order valence-electron chi connectivity index (χ4n) is 3.67. The van der Waals surface area contributed by atoms with Gasteiger partial charge in [-0.2, -0.15) is 0 Å². The maximum absolute atomic E-state index is 14.2. The lowest BCUT2D eigenvalue weighted by Gasteiger charge is -2.28. The van der Waals surface area contributed by atoms with E-state index in [4.69, 9.17) is 5.41 Å². The number of para-hydroxylation sites is 1. The number of benzene rings is 1. The zero-order valence-electron chi connectivity index (χ0n) is 17.6. The molecule has 0 aliphatic heterocycles. The maximum atomic E-state index is 14.2. The predicted octanol–water partition coefficient (Wildman–Crippen LogP) is 4.20. The minimum atomic E-state index is -0.368. The molecule has 0 unspecified atom stereocenters. The van der Waals surface area contributed by atoms with Crippen molar-refractivity contribution in [1.82, 2.24) is 14.9 Å². The highest BCUT2D eigenvalue weighted by Gasteiger charge is 2.22. The number of aromatic nitrogens is 2. The molecule has 0 bridgehead atoms. The van der Waals surface area contributed by atoms with Crippen LogP contribution >= 0.6 is 0 Å². The van der Waals surface area contributed by atoms with Gasteiger partial charge in [-0.3, -0.25) is 4.57 Å². The Morgan fingerprint density at radius 3 is 2.67 bits per heavy atom. The minimum absolute atomic E-state index is 0.215. The van der Waals surface area contributed by atoms with Gasteiger partial charge >= 0.3 is 0 Å². The van der Waals surface area contributed by atoms with Crippen LogP contribution < -0.4 is 16.0 Å². The van der Waals surface area contributed by atoms with Crippen molar-refractivity contribution >= 4 is 23.7 Å². The molecule has 1 aliphatic rings. The number of hydrogen-bond acceptors (Lipinski definition) is 6. The summed E-state index contributed by atoms with van der Waals surface area (Å²) in [6.45, 7) is 8.88. The normalized spacial score (nSPS) is 18.8. The van der Waals surface area contributed by atoms with Gasteiger partial charge in [0.15, 0.2) is 0 Å². The fraction of sp³-hybridized carbons (Fsp3) is 0.455. The summed E-state index contributed by atoms with van der Waals surface area (Å²) in [5.41, 5.74) is 0.768. The van der Waals surface area contributed by atoms with Crippen LogP contribution in [-0.2, 0) is 6.54 Å². The fourth-order valence-corrected chi connectivity index (χ4v) is 3.67. The molecule has 8 heteroatoms. The van der Waals surface area contributed by atoms with Crippen molar-refractivity contribution in [3.8, 4) is 0 Å². The molecule has 0 atom stereocenters. The summed E-state index contributed by atoms with van der Waals surface area (Å²) >= 11 is 0. The molecule has 1 fully saturated rings. The maximum Gasteiger partial charge on any atom is 0.209 e. The van der Waals surface area contributed by atoms with E-state index in [-0.39, 0.29) is 18.0 Å². The Bertz CT molecular complexity index is 886. The molecule has 1 saturated carbocycles. The van der Waals surface area contributed by atoms with Crippen LogP contribution in [0.15, 0.2) is 36.7 Å². The minimum Gasteiger partial charge on any atom is -0.393 e. The molecule has 2 aromatic rings. The lowest BCUT2D eigenvalue weighted by atomic mass is 9.93. The zero-order valence-corrected chi connectivity index (χ0v) is 17.6. The monoisotopic (exact) mass is 414 g/mol. The topological polar surface area (TPSA) is 98.0 Å². The Labute approximate surface area is 176 Å². The van der Waals surface area contributed by atoms with E-state index in [0.717, 1.165) is 25.7 Å². The summed E-state index contributed by atoms with van der Waals surface area (Å²) in [7, 11) is 0. The second kappa shape index (κ2) is 9.75. The Morgan fingerprint density at radius 2 is 2.03 bits per heavy atom. The lowest BCUT2D eigenvalue weighted by molar-refractivity contribution is 0.119. The molecule has 0 saturated heterocycles. The number of aliphatic hydroxyl groups excluding tert-OH is 1. The number of halogens is 1. The first-order chi connectivity index (χ1) is 14.4. The summed E-state index contributed by atoms with van der Waals surface area (Å²) < 4.78 is 16.1. The Hall–Kier alpha value is -2.87. The molecular weight excluding hydrogens is 383 g/mol. The smallest absolute Gasteiger partial charge is 0.209 e. The summed E-state index contributed by atoms with van der Waals surface area (Å²) in [4.78, 5) is 4.51. The SMILES string of the molecule is C=C(Nc1c(C=N)nc(Nc2ccccc2F)n1CC(C)C)NC1CCC(O)CC1.